The number of rotatable bonds is 16. The molecule has 2 heterocycles. The molecule has 1 aliphatic rings. The number of benzene rings is 4. The minimum Gasteiger partial charge on any atom is -0.493 e. The Bertz CT molecular complexity index is 1920. The highest BCUT2D eigenvalue weighted by molar-refractivity contribution is 7.48. The van der Waals surface area contributed by atoms with Crippen LogP contribution in [-0.2, 0) is 49.1 Å². The van der Waals surface area contributed by atoms with Crippen molar-refractivity contribution < 1.29 is 42.0 Å². The topological polar surface area (TPSA) is 137 Å². The summed E-state index contributed by atoms with van der Waals surface area (Å²) < 4.78 is 42.2. The zero-order valence-electron chi connectivity index (χ0n) is 28.6. The van der Waals surface area contributed by atoms with E-state index in [0.29, 0.717) is 34.9 Å². The molecule has 12 heteroatoms. The minimum absolute atomic E-state index is 0.0331. The van der Waals surface area contributed by atoms with Crippen molar-refractivity contribution in [1.82, 2.24) is 4.90 Å². The number of amides is 2. The van der Waals surface area contributed by atoms with E-state index in [9.17, 15) is 19.3 Å². The van der Waals surface area contributed by atoms with E-state index in [1.54, 1.807) is 60.9 Å². The number of unbranched alkanes of at least 4 members (excludes halogenated alkanes) is 2. The zero-order chi connectivity index (χ0) is 36.2. The summed E-state index contributed by atoms with van der Waals surface area (Å²) in [5, 5.41) is 13.1. The van der Waals surface area contributed by atoms with Crippen LogP contribution in [0.25, 0.3) is 11.3 Å². The fourth-order valence-corrected chi connectivity index (χ4v) is 6.97. The van der Waals surface area contributed by atoms with Gasteiger partial charge in [0.25, 0.3) is 0 Å². The molecule has 0 bridgehead atoms. The number of carbonyl (C=O) groups excluding carboxylic acids is 1. The monoisotopic (exact) mass is 724 g/mol. The van der Waals surface area contributed by atoms with Crippen LogP contribution in [0.4, 0.5) is 10.5 Å². The Morgan fingerprint density at radius 2 is 1.48 bits per heavy atom. The second-order valence-corrected chi connectivity index (χ2v) is 14.0. The van der Waals surface area contributed by atoms with E-state index in [1.807, 2.05) is 48.5 Å². The highest BCUT2D eigenvalue weighted by Crippen LogP contribution is 2.53. The third-order valence-corrected chi connectivity index (χ3v) is 9.99. The van der Waals surface area contributed by atoms with Gasteiger partial charge in [-0.05, 0) is 78.3 Å². The summed E-state index contributed by atoms with van der Waals surface area (Å²) >= 11 is 0. The number of hydrogen-bond donors (Lipinski definition) is 2. The zero-order valence-corrected chi connectivity index (χ0v) is 29.5. The Morgan fingerprint density at radius 3 is 2.13 bits per heavy atom. The predicted molar refractivity (Wildman–Crippen MR) is 196 cm³/mol. The molecule has 4 aromatic carbocycles. The van der Waals surface area contributed by atoms with E-state index >= 15 is 0 Å². The molecule has 1 atom stereocenters. The van der Waals surface area contributed by atoms with Gasteiger partial charge in [-0.15, -0.1) is 0 Å². The normalized spacial score (nSPS) is 14.1. The average Bonchev–Trinajstić information content (AvgIpc) is 3.65. The summed E-state index contributed by atoms with van der Waals surface area (Å²) in [5.41, 5.74) is 4.52. The van der Waals surface area contributed by atoms with E-state index in [-0.39, 0.29) is 19.8 Å². The predicted octanol–water partition coefficient (Wildman–Crippen LogP) is 9.10. The number of fused-ring (bicyclic) bond motifs is 1. The number of phosphoric ester groups is 1. The van der Waals surface area contributed by atoms with E-state index < -0.39 is 32.5 Å². The van der Waals surface area contributed by atoms with Gasteiger partial charge in [0.2, 0.25) is 5.91 Å². The summed E-state index contributed by atoms with van der Waals surface area (Å²) in [6.07, 6.45) is 4.10. The molecule has 11 nitrogen and oxygen atoms in total. The van der Waals surface area contributed by atoms with Crippen LogP contribution in [0.3, 0.4) is 0 Å². The Kier molecular flexibility index (Phi) is 12.6. The lowest BCUT2D eigenvalue weighted by molar-refractivity contribution is -0.122. The Morgan fingerprint density at radius 1 is 0.808 bits per heavy atom. The first-order valence-corrected chi connectivity index (χ1v) is 18.6. The number of aryl methyl sites for hydroxylation is 1. The maximum absolute atomic E-state index is 14.0. The van der Waals surface area contributed by atoms with Crippen molar-refractivity contribution in [3.05, 3.63) is 144 Å². The number of ether oxygens (including phenoxy) is 1. The molecule has 0 spiro atoms. The fraction of sp³-hybridized carbons (Fsp3) is 0.250. The second kappa shape index (κ2) is 17.8. The third kappa shape index (κ3) is 9.98. The van der Waals surface area contributed by atoms with Gasteiger partial charge in [0.1, 0.15) is 17.6 Å². The number of carboxylic acid groups (broad SMARTS) is 1. The molecule has 270 valence electrons. The van der Waals surface area contributed by atoms with Crippen molar-refractivity contribution in [1.29, 1.82) is 0 Å². The molecule has 2 amide bonds. The van der Waals surface area contributed by atoms with Gasteiger partial charge in [-0.25, -0.2) is 9.36 Å². The fourth-order valence-electron chi connectivity index (χ4n) is 5.83. The van der Waals surface area contributed by atoms with Gasteiger partial charge in [0, 0.05) is 12.2 Å². The minimum atomic E-state index is -4.18. The number of nitrogens with one attached hydrogen (secondary N) is 1. The van der Waals surface area contributed by atoms with Gasteiger partial charge in [-0.3, -0.25) is 23.3 Å². The van der Waals surface area contributed by atoms with Crippen molar-refractivity contribution in [2.24, 2.45) is 0 Å². The highest BCUT2D eigenvalue weighted by atomic mass is 31.2. The van der Waals surface area contributed by atoms with Gasteiger partial charge in [-0.1, -0.05) is 84.9 Å². The highest BCUT2D eigenvalue weighted by Gasteiger charge is 2.37. The lowest BCUT2D eigenvalue weighted by atomic mass is 10.1. The van der Waals surface area contributed by atoms with Crippen LogP contribution in [0.1, 0.15) is 41.5 Å². The maximum atomic E-state index is 14.0. The molecular weight excluding hydrogens is 683 g/mol. The maximum Gasteiger partial charge on any atom is 0.475 e. The lowest BCUT2D eigenvalue weighted by Gasteiger charge is -2.29. The molecule has 52 heavy (non-hydrogen) atoms. The molecule has 2 N–H and O–H groups in total. The quantitative estimate of drug-likeness (QED) is 0.0754. The first-order valence-electron chi connectivity index (χ1n) is 17.2. The molecule has 6 rings (SSSR count). The number of phosphoric acid groups is 1. The molecule has 1 aliphatic heterocycles. The Hall–Kier alpha value is -5.19. The van der Waals surface area contributed by atoms with Gasteiger partial charge in [0.05, 0.1) is 38.3 Å². The summed E-state index contributed by atoms with van der Waals surface area (Å²) in [6.45, 7) is -0.306. The molecule has 5 aromatic rings. The Labute approximate surface area is 302 Å². The lowest BCUT2D eigenvalue weighted by Crippen LogP contribution is -2.49. The van der Waals surface area contributed by atoms with Crippen molar-refractivity contribution in [3.8, 4) is 17.1 Å². The summed E-state index contributed by atoms with van der Waals surface area (Å²) in [6, 6.07) is 33.8. The summed E-state index contributed by atoms with van der Waals surface area (Å²) in [5.74, 6) is 0.405. The number of anilines is 1. The average molecular weight is 725 g/mol. The first kappa shape index (κ1) is 36.6. The van der Waals surface area contributed by atoms with Gasteiger partial charge in [0.15, 0.2) is 0 Å². The number of furan rings is 1. The van der Waals surface area contributed by atoms with Crippen LogP contribution < -0.4 is 10.1 Å². The van der Waals surface area contributed by atoms with E-state index in [0.717, 1.165) is 41.7 Å². The third-order valence-electron chi connectivity index (χ3n) is 8.63. The van der Waals surface area contributed by atoms with Crippen LogP contribution in [0, 0.1) is 0 Å². The molecule has 1 aromatic heterocycles. The van der Waals surface area contributed by atoms with Crippen molar-refractivity contribution in [2.45, 2.75) is 51.5 Å². The molecule has 0 saturated carbocycles. The van der Waals surface area contributed by atoms with Crippen LogP contribution in [0.15, 0.2) is 126 Å². The van der Waals surface area contributed by atoms with Crippen molar-refractivity contribution in [2.75, 3.05) is 18.5 Å². The molecular formula is C40H41N2O9P. The molecule has 0 fully saturated rings. The molecule has 1 unspecified atom stereocenters. The van der Waals surface area contributed by atoms with Crippen LogP contribution in [0.5, 0.6) is 5.75 Å². The molecule has 0 radical (unpaired) electrons. The second-order valence-electron chi connectivity index (χ2n) is 12.3. The number of hydrogen-bond acceptors (Lipinski definition) is 8. The van der Waals surface area contributed by atoms with E-state index in [1.165, 1.54) is 5.56 Å². The van der Waals surface area contributed by atoms with Crippen LogP contribution >= 0.6 is 7.82 Å². The van der Waals surface area contributed by atoms with Crippen molar-refractivity contribution in [3.63, 3.8) is 0 Å². The largest absolute Gasteiger partial charge is 0.493 e. The summed E-state index contributed by atoms with van der Waals surface area (Å²) in [7, 11) is -4.18. The van der Waals surface area contributed by atoms with E-state index in [2.05, 4.69) is 17.4 Å². The number of carbonyl (C=O) groups is 2. The van der Waals surface area contributed by atoms with Crippen molar-refractivity contribution >= 4 is 25.5 Å². The standard InChI is InChI=1S/C40H41N2O9P/c43-39(41-34-21-22-38(35(25-34)37-20-12-24-48-37)47-23-11-3-8-15-30-13-4-1-5-14-30)36(42(40(44)45)26-31-16-6-2-7-17-31)29-51-52(46)49-27-32-18-9-10-19-33(32)28-50-52/h1-2,4-7,9-10,12-14,16-22,24-25,36H,3,8,11,15,23,26-29H2,(H,41,43)(H,44,45). The first-order chi connectivity index (χ1) is 25.4. The van der Waals surface area contributed by atoms with Gasteiger partial charge >= 0.3 is 13.9 Å². The van der Waals surface area contributed by atoms with Gasteiger partial charge in [-0.2, -0.15) is 0 Å². The van der Waals surface area contributed by atoms with E-state index in [4.69, 9.17) is 22.7 Å². The molecule has 0 aliphatic carbocycles. The summed E-state index contributed by atoms with van der Waals surface area (Å²) in [4.78, 5) is 27.6. The molecule has 0 saturated heterocycles. The smallest absolute Gasteiger partial charge is 0.475 e. The van der Waals surface area contributed by atoms with Crippen LogP contribution in [-0.4, -0.2) is 41.3 Å². The van der Waals surface area contributed by atoms with Gasteiger partial charge < -0.3 is 19.6 Å². The number of nitrogens with zero attached hydrogens (tertiary/aromatic N) is 1. The van der Waals surface area contributed by atoms with Crippen LogP contribution in [0.2, 0.25) is 0 Å². The SMILES string of the molecule is O=C(Nc1ccc(OCCCCCc2ccccc2)c(-c2ccco2)c1)C(COP1(=O)OCc2ccccc2CO1)N(Cc1ccccc1)C(=O)O. The Balaban J connectivity index is 1.16.